The van der Waals surface area contributed by atoms with E-state index in [1.54, 1.807) is 24.3 Å². The molecule has 0 aliphatic heterocycles. The average molecular weight is 433 g/mol. The minimum atomic E-state index is -0.352. The van der Waals surface area contributed by atoms with Crippen molar-refractivity contribution in [3.63, 3.8) is 0 Å². The summed E-state index contributed by atoms with van der Waals surface area (Å²) in [5, 5.41) is 12.2. The molecule has 2 N–H and O–H groups in total. The van der Waals surface area contributed by atoms with Gasteiger partial charge in [0, 0.05) is 24.2 Å². The molecule has 0 unspecified atom stereocenters. The Hall–Kier alpha value is -2.19. The number of quaternary nitrogens is 1. The van der Waals surface area contributed by atoms with Crippen LogP contribution in [0, 0.1) is 0 Å². The lowest BCUT2D eigenvalue weighted by atomic mass is 10.1. The van der Waals surface area contributed by atoms with E-state index < -0.39 is 0 Å². The fraction of sp³-hybridized carbons (Fsp3) is 0.545. The molecule has 8 heteroatoms. The van der Waals surface area contributed by atoms with Gasteiger partial charge in [-0.15, -0.1) is 10.2 Å². The normalized spacial score (nSPS) is 13.3. The summed E-state index contributed by atoms with van der Waals surface area (Å²) in [5.41, 5.74) is 1.20. The van der Waals surface area contributed by atoms with Crippen molar-refractivity contribution in [3.05, 3.63) is 35.7 Å². The first kappa shape index (κ1) is 24.1. The van der Waals surface area contributed by atoms with Crippen LogP contribution >= 0.6 is 11.8 Å². The maximum Gasteiger partial charge on any atom is 0.237 e. The molecule has 0 radical (unpaired) electrons. The smallest absolute Gasteiger partial charge is 0.237 e. The Morgan fingerprint density at radius 1 is 1.23 bits per heavy atom. The highest BCUT2D eigenvalue weighted by Gasteiger charge is 2.26. The molecular formula is C22H34N5O2S+. The number of ketones is 1. The SMILES string of the molecule is CCCCn1c(S[C@H](C)C(=O)Nc2cccc(C(C)=O)c2)nnc1[C@H](CC)[NH+](C)C. The number of anilines is 1. The Morgan fingerprint density at radius 2 is 1.97 bits per heavy atom. The van der Waals surface area contributed by atoms with E-state index in [9.17, 15) is 9.59 Å². The highest BCUT2D eigenvalue weighted by molar-refractivity contribution is 8.00. The summed E-state index contributed by atoms with van der Waals surface area (Å²) in [6, 6.07) is 7.26. The number of rotatable bonds is 11. The second-order valence-corrected chi connectivity index (χ2v) is 9.08. The number of nitrogens with one attached hydrogen (secondary N) is 2. The Morgan fingerprint density at radius 3 is 2.57 bits per heavy atom. The van der Waals surface area contributed by atoms with Gasteiger partial charge in [-0.2, -0.15) is 0 Å². The zero-order chi connectivity index (χ0) is 22.3. The topological polar surface area (TPSA) is 81.3 Å². The zero-order valence-corrected chi connectivity index (χ0v) is 19.7. The molecular weight excluding hydrogens is 398 g/mol. The van der Waals surface area contributed by atoms with Gasteiger partial charge in [-0.3, -0.25) is 9.59 Å². The van der Waals surface area contributed by atoms with Crippen molar-refractivity contribution in [1.29, 1.82) is 0 Å². The molecule has 1 aromatic carbocycles. The molecule has 1 aromatic heterocycles. The highest BCUT2D eigenvalue weighted by atomic mass is 32.2. The number of Topliss-reactive ketones (excluding diaryl/α,β-unsaturated/α-hetero) is 1. The van der Waals surface area contributed by atoms with E-state index >= 15 is 0 Å². The van der Waals surface area contributed by atoms with Crippen LogP contribution in [0.25, 0.3) is 0 Å². The molecule has 1 heterocycles. The lowest BCUT2D eigenvalue weighted by Gasteiger charge is -2.20. The van der Waals surface area contributed by atoms with Crippen molar-refractivity contribution in [2.24, 2.45) is 0 Å². The quantitative estimate of drug-likeness (QED) is 0.421. The molecule has 2 atom stereocenters. The molecule has 0 aliphatic rings. The van der Waals surface area contributed by atoms with E-state index in [4.69, 9.17) is 0 Å². The van der Waals surface area contributed by atoms with Gasteiger partial charge in [-0.05, 0) is 32.4 Å². The van der Waals surface area contributed by atoms with Gasteiger partial charge in [-0.1, -0.05) is 44.2 Å². The first-order valence-corrected chi connectivity index (χ1v) is 11.5. The summed E-state index contributed by atoms with van der Waals surface area (Å²) in [7, 11) is 4.26. The molecule has 0 fully saturated rings. The minimum absolute atomic E-state index is 0.0291. The number of aromatic nitrogens is 3. The Balaban J connectivity index is 2.17. The maximum atomic E-state index is 12.7. The summed E-state index contributed by atoms with van der Waals surface area (Å²) in [6.45, 7) is 8.55. The van der Waals surface area contributed by atoms with Crippen LogP contribution in [-0.2, 0) is 11.3 Å². The van der Waals surface area contributed by atoms with Gasteiger partial charge in [0.1, 0.15) is 6.04 Å². The number of thioether (sulfide) groups is 1. The molecule has 30 heavy (non-hydrogen) atoms. The average Bonchev–Trinajstić information content (AvgIpc) is 3.08. The second-order valence-electron chi connectivity index (χ2n) is 7.77. The largest absolute Gasteiger partial charge is 0.331 e. The van der Waals surface area contributed by atoms with Crippen molar-refractivity contribution >= 4 is 29.1 Å². The Bertz CT molecular complexity index is 865. The third kappa shape index (κ3) is 6.15. The third-order valence-corrected chi connectivity index (χ3v) is 6.17. The van der Waals surface area contributed by atoms with Gasteiger partial charge < -0.3 is 14.8 Å². The molecule has 0 saturated heterocycles. The van der Waals surface area contributed by atoms with E-state index in [1.807, 2.05) is 6.92 Å². The number of carbonyl (C=O) groups excluding carboxylic acids is 2. The van der Waals surface area contributed by atoms with Crippen molar-refractivity contribution in [1.82, 2.24) is 14.8 Å². The van der Waals surface area contributed by atoms with Crippen LogP contribution in [0.3, 0.4) is 0 Å². The Labute approximate surface area is 183 Å². The molecule has 2 rings (SSSR count). The summed E-state index contributed by atoms with van der Waals surface area (Å²) < 4.78 is 2.18. The van der Waals surface area contributed by atoms with E-state index in [0.717, 1.165) is 36.8 Å². The van der Waals surface area contributed by atoms with Gasteiger partial charge in [0.2, 0.25) is 5.91 Å². The number of hydrogen-bond donors (Lipinski definition) is 2. The lowest BCUT2D eigenvalue weighted by Crippen LogP contribution is -3.06. The summed E-state index contributed by atoms with van der Waals surface area (Å²) in [6.07, 6.45) is 3.09. The summed E-state index contributed by atoms with van der Waals surface area (Å²) in [4.78, 5) is 25.6. The Kier molecular flexibility index (Phi) is 9.05. The van der Waals surface area contributed by atoms with Crippen LogP contribution in [0.5, 0.6) is 0 Å². The first-order chi connectivity index (χ1) is 14.3. The summed E-state index contributed by atoms with van der Waals surface area (Å²) >= 11 is 1.42. The van der Waals surface area contributed by atoms with Crippen LogP contribution in [0.15, 0.2) is 29.4 Å². The summed E-state index contributed by atoms with van der Waals surface area (Å²) in [5.74, 6) is 0.825. The number of amides is 1. The van der Waals surface area contributed by atoms with Crippen molar-refractivity contribution in [2.45, 2.75) is 70.0 Å². The van der Waals surface area contributed by atoms with Crippen LogP contribution in [0.4, 0.5) is 5.69 Å². The molecule has 164 valence electrons. The number of unbranched alkanes of at least 4 members (excludes halogenated alkanes) is 1. The standard InChI is InChI=1S/C22H33N5O2S/c1-7-9-13-27-20(19(8-2)26(5)6)24-25-22(27)30-16(4)21(29)23-18-12-10-11-17(14-18)15(3)28/h10-12,14,16,19H,7-9,13H2,1-6H3,(H,23,29)/p+1/t16-,19+/m1/s1. The molecule has 1 amide bonds. The van der Waals surface area contributed by atoms with E-state index in [2.05, 4.69) is 48.0 Å². The molecule has 0 spiro atoms. The zero-order valence-electron chi connectivity index (χ0n) is 18.9. The molecule has 0 aliphatic carbocycles. The van der Waals surface area contributed by atoms with Crippen LogP contribution in [0.1, 0.15) is 69.2 Å². The predicted molar refractivity (Wildman–Crippen MR) is 121 cm³/mol. The number of benzene rings is 1. The fourth-order valence-corrected chi connectivity index (χ4v) is 4.17. The monoisotopic (exact) mass is 432 g/mol. The van der Waals surface area contributed by atoms with Crippen LogP contribution < -0.4 is 10.2 Å². The lowest BCUT2D eigenvalue weighted by molar-refractivity contribution is -0.893. The van der Waals surface area contributed by atoms with Gasteiger partial charge in [0.05, 0.1) is 19.3 Å². The number of hydrogen-bond acceptors (Lipinski definition) is 5. The third-order valence-electron chi connectivity index (χ3n) is 5.09. The van der Waals surface area contributed by atoms with Gasteiger partial charge >= 0.3 is 0 Å². The first-order valence-electron chi connectivity index (χ1n) is 10.6. The van der Waals surface area contributed by atoms with E-state index in [1.165, 1.54) is 23.6 Å². The fourth-order valence-electron chi connectivity index (χ4n) is 3.29. The van der Waals surface area contributed by atoms with Crippen molar-refractivity contribution < 1.29 is 14.5 Å². The van der Waals surface area contributed by atoms with Gasteiger partial charge in [0.25, 0.3) is 0 Å². The number of carbonyl (C=O) groups is 2. The highest BCUT2D eigenvalue weighted by Crippen LogP contribution is 2.26. The van der Waals surface area contributed by atoms with E-state index in [-0.39, 0.29) is 23.0 Å². The van der Waals surface area contributed by atoms with Crippen molar-refractivity contribution in [2.75, 3.05) is 19.4 Å². The second kappa shape index (κ2) is 11.3. The predicted octanol–water partition coefficient (Wildman–Crippen LogP) is 3.00. The molecule has 0 bridgehead atoms. The minimum Gasteiger partial charge on any atom is -0.331 e. The molecule has 7 nitrogen and oxygen atoms in total. The van der Waals surface area contributed by atoms with Crippen LogP contribution in [-0.4, -0.2) is 45.8 Å². The van der Waals surface area contributed by atoms with E-state index in [0.29, 0.717) is 11.3 Å². The van der Waals surface area contributed by atoms with Gasteiger partial charge in [0.15, 0.2) is 16.8 Å². The van der Waals surface area contributed by atoms with Gasteiger partial charge in [-0.25, -0.2) is 0 Å². The van der Waals surface area contributed by atoms with Crippen molar-refractivity contribution in [3.8, 4) is 0 Å². The van der Waals surface area contributed by atoms with Crippen LogP contribution in [0.2, 0.25) is 0 Å². The maximum absolute atomic E-state index is 12.7. The number of nitrogens with zero attached hydrogens (tertiary/aromatic N) is 3. The molecule has 2 aromatic rings. The molecule has 0 saturated carbocycles.